The second kappa shape index (κ2) is 4.50. The van der Waals surface area contributed by atoms with Crippen molar-refractivity contribution in [3.05, 3.63) is 48.0 Å². The molecule has 0 radical (unpaired) electrons. The maximum atomic E-state index is 5.93. The van der Waals surface area contributed by atoms with Gasteiger partial charge in [-0.2, -0.15) is 0 Å². The van der Waals surface area contributed by atoms with Crippen molar-refractivity contribution in [1.82, 2.24) is 0 Å². The molecule has 2 N–H and O–H groups in total. The van der Waals surface area contributed by atoms with Crippen LogP contribution in [0.25, 0.3) is 10.8 Å². The minimum atomic E-state index is 0.137. The summed E-state index contributed by atoms with van der Waals surface area (Å²) in [4.78, 5) is 0. The van der Waals surface area contributed by atoms with E-state index in [1.54, 1.807) is 0 Å². The number of rotatable bonds is 3. The molecular formula is C16H21N. The first-order valence-electron chi connectivity index (χ1n) is 6.24. The number of hydrogen-bond acceptors (Lipinski definition) is 1. The van der Waals surface area contributed by atoms with Gasteiger partial charge in [-0.3, -0.25) is 0 Å². The van der Waals surface area contributed by atoms with E-state index in [0.717, 1.165) is 6.42 Å². The Bertz CT molecular complexity index is 512. The SMILES string of the molecule is CC(N)CC(C)(C)c1ccc2ccccc2c1. The first-order valence-corrected chi connectivity index (χ1v) is 6.24. The van der Waals surface area contributed by atoms with Gasteiger partial charge in [0.05, 0.1) is 0 Å². The van der Waals surface area contributed by atoms with Gasteiger partial charge in [0.25, 0.3) is 0 Å². The summed E-state index contributed by atoms with van der Waals surface area (Å²) in [6.07, 6.45) is 1.01. The molecule has 0 amide bonds. The third-order valence-electron chi connectivity index (χ3n) is 3.36. The van der Waals surface area contributed by atoms with Gasteiger partial charge in [0.1, 0.15) is 0 Å². The molecule has 2 aromatic rings. The van der Waals surface area contributed by atoms with Crippen LogP contribution in [0.2, 0.25) is 0 Å². The highest BCUT2D eigenvalue weighted by Gasteiger charge is 2.22. The Morgan fingerprint density at radius 1 is 1.06 bits per heavy atom. The van der Waals surface area contributed by atoms with E-state index in [4.69, 9.17) is 5.73 Å². The van der Waals surface area contributed by atoms with Gasteiger partial charge in [-0.25, -0.2) is 0 Å². The van der Waals surface area contributed by atoms with E-state index in [1.807, 2.05) is 0 Å². The molecule has 1 heteroatoms. The minimum absolute atomic E-state index is 0.137. The summed E-state index contributed by atoms with van der Waals surface area (Å²) in [5.41, 5.74) is 7.43. The van der Waals surface area contributed by atoms with Crippen LogP contribution in [-0.4, -0.2) is 6.04 Å². The molecule has 1 unspecified atom stereocenters. The second-order valence-electron chi connectivity index (χ2n) is 5.63. The van der Waals surface area contributed by atoms with E-state index in [2.05, 4.69) is 63.2 Å². The lowest BCUT2D eigenvalue weighted by molar-refractivity contribution is 0.438. The lowest BCUT2D eigenvalue weighted by Crippen LogP contribution is -2.28. The maximum absolute atomic E-state index is 5.93. The molecule has 0 aromatic heterocycles. The summed E-state index contributed by atoms with van der Waals surface area (Å²) in [5.74, 6) is 0. The summed E-state index contributed by atoms with van der Waals surface area (Å²) in [6.45, 7) is 6.60. The zero-order valence-corrected chi connectivity index (χ0v) is 10.9. The van der Waals surface area contributed by atoms with Crippen LogP contribution in [0.5, 0.6) is 0 Å². The van der Waals surface area contributed by atoms with E-state index in [1.165, 1.54) is 16.3 Å². The minimum Gasteiger partial charge on any atom is -0.328 e. The van der Waals surface area contributed by atoms with E-state index >= 15 is 0 Å². The molecule has 0 aliphatic rings. The molecule has 2 aromatic carbocycles. The molecule has 0 aliphatic heterocycles. The van der Waals surface area contributed by atoms with Crippen LogP contribution in [0.15, 0.2) is 42.5 Å². The summed E-state index contributed by atoms with van der Waals surface area (Å²) < 4.78 is 0. The predicted molar refractivity (Wildman–Crippen MR) is 75.2 cm³/mol. The van der Waals surface area contributed by atoms with Crippen LogP contribution in [0.1, 0.15) is 32.8 Å². The maximum Gasteiger partial charge on any atom is 0.00187 e. The third kappa shape index (κ3) is 2.67. The zero-order valence-electron chi connectivity index (χ0n) is 10.9. The van der Waals surface area contributed by atoms with Crippen LogP contribution in [0, 0.1) is 0 Å². The molecule has 0 aliphatic carbocycles. The van der Waals surface area contributed by atoms with Gasteiger partial charge in [-0.1, -0.05) is 56.3 Å². The van der Waals surface area contributed by atoms with E-state index < -0.39 is 0 Å². The van der Waals surface area contributed by atoms with Crippen molar-refractivity contribution < 1.29 is 0 Å². The lowest BCUT2D eigenvalue weighted by atomic mass is 9.79. The molecule has 1 nitrogen and oxygen atoms in total. The normalized spacial score (nSPS) is 13.9. The van der Waals surface area contributed by atoms with E-state index in [9.17, 15) is 0 Å². The van der Waals surface area contributed by atoms with Crippen LogP contribution >= 0.6 is 0 Å². The fourth-order valence-electron chi connectivity index (χ4n) is 2.53. The van der Waals surface area contributed by atoms with Crippen LogP contribution in [0.3, 0.4) is 0 Å². The van der Waals surface area contributed by atoms with E-state index in [-0.39, 0.29) is 11.5 Å². The van der Waals surface area contributed by atoms with Gasteiger partial charge in [-0.05, 0) is 35.1 Å². The average molecular weight is 227 g/mol. The molecule has 0 saturated carbocycles. The van der Waals surface area contributed by atoms with Crippen LogP contribution < -0.4 is 5.73 Å². The van der Waals surface area contributed by atoms with Crippen molar-refractivity contribution in [2.45, 2.75) is 38.6 Å². The van der Waals surface area contributed by atoms with Crippen molar-refractivity contribution >= 4 is 10.8 Å². The molecule has 0 bridgehead atoms. The third-order valence-corrected chi connectivity index (χ3v) is 3.36. The molecule has 90 valence electrons. The number of fused-ring (bicyclic) bond motifs is 1. The summed E-state index contributed by atoms with van der Waals surface area (Å²) in [7, 11) is 0. The monoisotopic (exact) mass is 227 g/mol. The van der Waals surface area contributed by atoms with Crippen LogP contribution in [-0.2, 0) is 5.41 Å². The quantitative estimate of drug-likeness (QED) is 0.846. The Morgan fingerprint density at radius 2 is 1.71 bits per heavy atom. The Kier molecular flexibility index (Phi) is 3.21. The topological polar surface area (TPSA) is 26.0 Å². The smallest absolute Gasteiger partial charge is 0.00187 e. The fourth-order valence-corrected chi connectivity index (χ4v) is 2.53. The predicted octanol–water partition coefficient (Wildman–Crippen LogP) is 3.85. The standard InChI is InChI=1S/C16H21N/c1-12(17)11-16(2,3)15-9-8-13-6-4-5-7-14(13)10-15/h4-10,12H,11,17H2,1-3H3. The molecule has 0 spiro atoms. The fraction of sp³-hybridized carbons (Fsp3) is 0.375. The molecule has 0 saturated heterocycles. The van der Waals surface area contributed by atoms with Gasteiger partial charge in [0.2, 0.25) is 0 Å². The molecule has 0 fully saturated rings. The highest BCUT2D eigenvalue weighted by atomic mass is 14.6. The van der Waals surface area contributed by atoms with Crippen molar-refractivity contribution in [1.29, 1.82) is 0 Å². The van der Waals surface area contributed by atoms with Crippen molar-refractivity contribution in [2.24, 2.45) is 5.73 Å². The summed E-state index contributed by atoms with van der Waals surface area (Å²) >= 11 is 0. The Labute approximate surface area is 104 Å². The Hall–Kier alpha value is -1.34. The van der Waals surface area contributed by atoms with Gasteiger partial charge in [-0.15, -0.1) is 0 Å². The molecule has 17 heavy (non-hydrogen) atoms. The lowest BCUT2D eigenvalue weighted by Gasteiger charge is -2.27. The van der Waals surface area contributed by atoms with E-state index in [0.29, 0.717) is 0 Å². The first kappa shape index (κ1) is 12.1. The number of nitrogens with two attached hydrogens (primary N) is 1. The van der Waals surface area contributed by atoms with Gasteiger partial charge < -0.3 is 5.73 Å². The van der Waals surface area contributed by atoms with Gasteiger partial charge >= 0.3 is 0 Å². The number of benzene rings is 2. The largest absolute Gasteiger partial charge is 0.328 e. The molecule has 2 rings (SSSR count). The molecule has 1 atom stereocenters. The van der Waals surface area contributed by atoms with Crippen molar-refractivity contribution in [2.75, 3.05) is 0 Å². The summed E-state index contributed by atoms with van der Waals surface area (Å²) in [5, 5.41) is 2.61. The average Bonchev–Trinajstić information content (AvgIpc) is 2.26. The second-order valence-corrected chi connectivity index (χ2v) is 5.63. The Balaban J connectivity index is 2.42. The van der Waals surface area contributed by atoms with Gasteiger partial charge in [0.15, 0.2) is 0 Å². The first-order chi connectivity index (χ1) is 7.99. The number of hydrogen-bond donors (Lipinski definition) is 1. The Morgan fingerprint density at radius 3 is 2.35 bits per heavy atom. The molecular weight excluding hydrogens is 206 g/mol. The highest BCUT2D eigenvalue weighted by molar-refractivity contribution is 5.83. The van der Waals surface area contributed by atoms with Gasteiger partial charge in [0, 0.05) is 6.04 Å². The van der Waals surface area contributed by atoms with Crippen LogP contribution in [0.4, 0.5) is 0 Å². The summed E-state index contributed by atoms with van der Waals surface area (Å²) in [6, 6.07) is 15.4. The zero-order chi connectivity index (χ0) is 12.5. The van der Waals surface area contributed by atoms with Crippen molar-refractivity contribution in [3.63, 3.8) is 0 Å². The highest BCUT2D eigenvalue weighted by Crippen LogP contribution is 2.30. The molecule has 0 heterocycles. The van der Waals surface area contributed by atoms with Crippen molar-refractivity contribution in [3.8, 4) is 0 Å².